The molecule has 0 radical (unpaired) electrons. The molecule has 0 unspecified atom stereocenters. The van der Waals surface area contributed by atoms with Crippen molar-refractivity contribution < 1.29 is 9.53 Å². The minimum Gasteiger partial charge on any atom is -0.494 e. The summed E-state index contributed by atoms with van der Waals surface area (Å²) in [5, 5.41) is 2.98. The largest absolute Gasteiger partial charge is 0.494 e. The lowest BCUT2D eigenvalue weighted by Crippen LogP contribution is -2.62. The van der Waals surface area contributed by atoms with Crippen molar-refractivity contribution in [2.24, 2.45) is 0 Å². The van der Waals surface area contributed by atoms with Gasteiger partial charge in [0, 0.05) is 24.8 Å². The van der Waals surface area contributed by atoms with Crippen LogP contribution in [0.3, 0.4) is 0 Å². The van der Waals surface area contributed by atoms with Gasteiger partial charge in [-0.1, -0.05) is 30.3 Å². The van der Waals surface area contributed by atoms with E-state index in [0.29, 0.717) is 18.6 Å². The molecule has 5 heteroatoms. The van der Waals surface area contributed by atoms with Gasteiger partial charge in [0.1, 0.15) is 5.75 Å². The zero-order valence-electron chi connectivity index (χ0n) is 16.5. The van der Waals surface area contributed by atoms with Crippen LogP contribution in [0.5, 0.6) is 5.75 Å². The third-order valence-electron chi connectivity index (χ3n) is 5.88. The van der Waals surface area contributed by atoms with Crippen molar-refractivity contribution in [1.29, 1.82) is 0 Å². The van der Waals surface area contributed by atoms with E-state index in [4.69, 9.17) is 4.74 Å². The SMILES string of the molecule is CCOc1ccc(NC(=O)N2CC(N3CCC(c4ccccc4)CC3)C2)cc1. The third-order valence-corrected chi connectivity index (χ3v) is 5.88. The van der Waals surface area contributed by atoms with E-state index in [9.17, 15) is 4.79 Å². The number of hydrogen-bond donors (Lipinski definition) is 1. The summed E-state index contributed by atoms with van der Waals surface area (Å²) in [6, 6.07) is 18.9. The van der Waals surface area contributed by atoms with E-state index in [1.54, 1.807) is 0 Å². The molecule has 2 aliphatic rings. The lowest BCUT2D eigenvalue weighted by molar-refractivity contribution is 0.0454. The predicted octanol–water partition coefficient (Wildman–Crippen LogP) is 4.18. The van der Waals surface area contributed by atoms with Crippen molar-refractivity contribution in [2.45, 2.75) is 31.7 Å². The molecular formula is C23H29N3O2. The lowest BCUT2D eigenvalue weighted by Gasteiger charge is -2.47. The van der Waals surface area contributed by atoms with E-state index in [2.05, 4.69) is 40.5 Å². The van der Waals surface area contributed by atoms with E-state index in [1.165, 1.54) is 18.4 Å². The van der Waals surface area contributed by atoms with Crippen LogP contribution in [0.25, 0.3) is 0 Å². The number of likely N-dealkylation sites (tertiary alicyclic amines) is 2. The predicted molar refractivity (Wildman–Crippen MR) is 112 cm³/mol. The van der Waals surface area contributed by atoms with Gasteiger partial charge in [0.2, 0.25) is 0 Å². The molecule has 2 aromatic carbocycles. The van der Waals surface area contributed by atoms with Crippen molar-refractivity contribution in [3.8, 4) is 5.75 Å². The second kappa shape index (κ2) is 8.65. The van der Waals surface area contributed by atoms with Gasteiger partial charge in [-0.15, -0.1) is 0 Å². The van der Waals surface area contributed by atoms with Gasteiger partial charge in [-0.3, -0.25) is 4.90 Å². The monoisotopic (exact) mass is 379 g/mol. The molecule has 4 rings (SSSR count). The van der Waals surface area contributed by atoms with Gasteiger partial charge < -0.3 is 15.0 Å². The molecule has 2 aliphatic heterocycles. The molecule has 1 N–H and O–H groups in total. The molecule has 28 heavy (non-hydrogen) atoms. The Balaban J connectivity index is 1.21. The molecule has 2 saturated heterocycles. The first-order valence-corrected chi connectivity index (χ1v) is 10.3. The van der Waals surface area contributed by atoms with Crippen LogP contribution >= 0.6 is 0 Å². The molecule has 2 heterocycles. The Bertz CT molecular complexity index is 764. The van der Waals surface area contributed by atoms with E-state index in [1.807, 2.05) is 36.1 Å². The van der Waals surface area contributed by atoms with Crippen molar-refractivity contribution in [1.82, 2.24) is 9.80 Å². The highest BCUT2D eigenvalue weighted by molar-refractivity contribution is 5.90. The number of nitrogens with one attached hydrogen (secondary N) is 1. The molecule has 2 aromatic rings. The number of rotatable bonds is 5. The molecule has 5 nitrogen and oxygen atoms in total. The quantitative estimate of drug-likeness (QED) is 0.848. The van der Waals surface area contributed by atoms with E-state index in [-0.39, 0.29) is 6.03 Å². The van der Waals surface area contributed by atoms with Crippen molar-refractivity contribution >= 4 is 11.7 Å². The molecule has 0 saturated carbocycles. The zero-order chi connectivity index (χ0) is 19.3. The highest BCUT2D eigenvalue weighted by atomic mass is 16.5. The Kier molecular flexibility index (Phi) is 5.81. The summed E-state index contributed by atoms with van der Waals surface area (Å²) in [5.41, 5.74) is 2.27. The number of amides is 2. The average molecular weight is 380 g/mol. The number of anilines is 1. The summed E-state index contributed by atoms with van der Waals surface area (Å²) >= 11 is 0. The Morgan fingerprint density at radius 2 is 1.71 bits per heavy atom. The van der Waals surface area contributed by atoms with Crippen LogP contribution in [-0.4, -0.2) is 54.7 Å². The maximum absolute atomic E-state index is 12.4. The molecule has 0 aliphatic carbocycles. The number of urea groups is 1. The fourth-order valence-electron chi connectivity index (χ4n) is 4.18. The summed E-state index contributed by atoms with van der Waals surface area (Å²) in [6.07, 6.45) is 2.41. The van der Waals surface area contributed by atoms with Gasteiger partial charge in [-0.25, -0.2) is 4.79 Å². The summed E-state index contributed by atoms with van der Waals surface area (Å²) in [5.74, 6) is 1.50. The standard InChI is InChI=1S/C23H29N3O2/c1-2-28-22-10-8-20(9-11-22)24-23(27)26-16-21(17-26)25-14-12-19(13-15-25)18-6-4-3-5-7-18/h3-11,19,21H,2,12-17H2,1H3,(H,24,27). The molecular weight excluding hydrogens is 350 g/mol. The fraction of sp³-hybridized carbons (Fsp3) is 0.435. The number of hydrogen-bond acceptors (Lipinski definition) is 3. The number of benzene rings is 2. The van der Waals surface area contributed by atoms with Gasteiger partial charge >= 0.3 is 6.03 Å². The van der Waals surface area contributed by atoms with Gasteiger partial charge in [0.15, 0.2) is 0 Å². The fourth-order valence-corrected chi connectivity index (χ4v) is 4.18. The average Bonchev–Trinajstić information content (AvgIpc) is 2.70. The molecule has 0 atom stereocenters. The first kappa shape index (κ1) is 18.8. The Labute approximate surface area is 167 Å². The first-order chi connectivity index (χ1) is 13.7. The molecule has 0 bridgehead atoms. The van der Waals surface area contributed by atoms with Gasteiger partial charge in [-0.2, -0.15) is 0 Å². The molecule has 148 valence electrons. The van der Waals surface area contributed by atoms with Gasteiger partial charge in [-0.05, 0) is 68.6 Å². The third kappa shape index (κ3) is 4.30. The molecule has 2 amide bonds. The van der Waals surface area contributed by atoms with Crippen LogP contribution in [0.1, 0.15) is 31.2 Å². The summed E-state index contributed by atoms with van der Waals surface area (Å²) < 4.78 is 5.43. The number of carbonyl (C=O) groups is 1. The lowest BCUT2D eigenvalue weighted by atomic mass is 9.88. The second-order valence-electron chi connectivity index (χ2n) is 7.67. The maximum Gasteiger partial charge on any atom is 0.321 e. The second-order valence-corrected chi connectivity index (χ2v) is 7.67. The Morgan fingerprint density at radius 3 is 2.36 bits per heavy atom. The van der Waals surface area contributed by atoms with Crippen LogP contribution in [0, 0.1) is 0 Å². The molecule has 2 fully saturated rings. The minimum absolute atomic E-state index is 0.0143. The summed E-state index contributed by atoms with van der Waals surface area (Å²) in [7, 11) is 0. The van der Waals surface area contributed by atoms with Crippen molar-refractivity contribution in [3.63, 3.8) is 0 Å². The number of carbonyl (C=O) groups excluding carboxylic acids is 1. The highest BCUT2D eigenvalue weighted by Gasteiger charge is 2.36. The number of ether oxygens (including phenoxy) is 1. The van der Waals surface area contributed by atoms with Crippen LogP contribution < -0.4 is 10.1 Å². The van der Waals surface area contributed by atoms with Crippen LogP contribution in [0.2, 0.25) is 0 Å². The van der Waals surface area contributed by atoms with Crippen molar-refractivity contribution in [2.75, 3.05) is 38.1 Å². The Morgan fingerprint density at radius 1 is 1.04 bits per heavy atom. The Hall–Kier alpha value is -2.53. The van der Waals surface area contributed by atoms with Crippen molar-refractivity contribution in [3.05, 3.63) is 60.2 Å². The van der Waals surface area contributed by atoms with Gasteiger partial charge in [0.25, 0.3) is 0 Å². The van der Waals surface area contributed by atoms with Gasteiger partial charge in [0.05, 0.1) is 6.61 Å². The van der Waals surface area contributed by atoms with E-state index >= 15 is 0 Å². The topological polar surface area (TPSA) is 44.8 Å². The summed E-state index contributed by atoms with van der Waals surface area (Å²) in [6.45, 7) is 6.48. The number of nitrogens with zero attached hydrogens (tertiary/aromatic N) is 2. The minimum atomic E-state index is -0.0143. The zero-order valence-corrected chi connectivity index (χ0v) is 16.5. The smallest absolute Gasteiger partial charge is 0.321 e. The van der Waals surface area contributed by atoms with E-state index < -0.39 is 0 Å². The van der Waals surface area contributed by atoms with Crippen LogP contribution in [0.4, 0.5) is 10.5 Å². The van der Waals surface area contributed by atoms with Crippen LogP contribution in [0.15, 0.2) is 54.6 Å². The highest BCUT2D eigenvalue weighted by Crippen LogP contribution is 2.30. The summed E-state index contributed by atoms with van der Waals surface area (Å²) in [4.78, 5) is 16.9. The first-order valence-electron chi connectivity index (χ1n) is 10.3. The molecule has 0 spiro atoms. The normalized spacial score (nSPS) is 18.5. The maximum atomic E-state index is 12.4. The molecule has 0 aromatic heterocycles. The van der Waals surface area contributed by atoms with E-state index in [0.717, 1.165) is 37.6 Å². The van der Waals surface area contributed by atoms with Crippen LogP contribution in [-0.2, 0) is 0 Å². The number of piperidine rings is 1.